The molecule has 0 amide bonds. The van der Waals surface area contributed by atoms with Gasteiger partial charge in [-0.25, -0.2) is 0 Å². The number of benzene rings is 1. The Kier molecular flexibility index (Phi) is 5.53. The van der Waals surface area contributed by atoms with Crippen LogP contribution >= 0.6 is 23.2 Å². The summed E-state index contributed by atoms with van der Waals surface area (Å²) in [6.45, 7) is 3.04. The second-order valence-electron chi connectivity index (χ2n) is 6.30. The minimum Gasteiger partial charge on any atom is -0.469 e. The van der Waals surface area contributed by atoms with E-state index < -0.39 is 5.56 Å². The van der Waals surface area contributed by atoms with E-state index in [1.807, 2.05) is 17.9 Å². The van der Waals surface area contributed by atoms with Gasteiger partial charge in [0.05, 0.1) is 30.6 Å². The first-order chi connectivity index (χ1) is 12.4. The van der Waals surface area contributed by atoms with E-state index in [0.717, 1.165) is 18.4 Å². The molecule has 6 nitrogen and oxygen atoms in total. The van der Waals surface area contributed by atoms with Crippen molar-refractivity contribution in [2.75, 3.05) is 25.1 Å². The van der Waals surface area contributed by atoms with Gasteiger partial charge in [-0.15, -0.1) is 0 Å². The van der Waals surface area contributed by atoms with Gasteiger partial charge < -0.3 is 9.64 Å². The minimum absolute atomic E-state index is 0.0715. The topological polar surface area (TPSA) is 64.4 Å². The van der Waals surface area contributed by atoms with E-state index in [2.05, 4.69) is 5.10 Å². The third-order valence-electron chi connectivity index (χ3n) is 4.60. The zero-order chi connectivity index (χ0) is 18.8. The van der Waals surface area contributed by atoms with Crippen LogP contribution in [-0.2, 0) is 9.53 Å². The van der Waals surface area contributed by atoms with E-state index >= 15 is 0 Å². The fourth-order valence-electron chi connectivity index (χ4n) is 3.10. The van der Waals surface area contributed by atoms with E-state index in [1.54, 1.807) is 18.3 Å². The number of piperidine rings is 1. The maximum atomic E-state index is 12.7. The Morgan fingerprint density at radius 2 is 2.12 bits per heavy atom. The molecule has 0 N–H and O–H groups in total. The Balaban J connectivity index is 1.93. The van der Waals surface area contributed by atoms with Crippen LogP contribution in [0.15, 0.2) is 29.2 Å². The summed E-state index contributed by atoms with van der Waals surface area (Å²) in [7, 11) is 1.38. The molecule has 1 aliphatic rings. The molecule has 1 aliphatic heterocycles. The molecule has 1 aromatic carbocycles. The van der Waals surface area contributed by atoms with Gasteiger partial charge >= 0.3 is 5.97 Å². The van der Waals surface area contributed by atoms with E-state index in [0.29, 0.717) is 29.5 Å². The van der Waals surface area contributed by atoms with E-state index in [-0.39, 0.29) is 16.9 Å². The maximum absolute atomic E-state index is 12.7. The summed E-state index contributed by atoms with van der Waals surface area (Å²) in [6, 6.07) is 5.26. The zero-order valence-electron chi connectivity index (χ0n) is 14.5. The molecule has 26 heavy (non-hydrogen) atoms. The third-order valence-corrected chi connectivity index (χ3v) is 5.36. The zero-order valence-corrected chi connectivity index (χ0v) is 16.0. The average Bonchev–Trinajstić information content (AvgIpc) is 2.65. The second-order valence-corrected chi connectivity index (χ2v) is 7.09. The lowest BCUT2D eigenvalue weighted by Gasteiger charge is -2.33. The highest BCUT2D eigenvalue weighted by Gasteiger charge is 2.28. The summed E-state index contributed by atoms with van der Waals surface area (Å²) in [5.41, 5.74) is 1.56. The lowest BCUT2D eigenvalue weighted by Crippen LogP contribution is -2.40. The normalized spacial score (nSPS) is 17.2. The quantitative estimate of drug-likeness (QED) is 0.746. The Bertz CT molecular complexity index is 898. The molecule has 8 heteroatoms. The number of methoxy groups -OCH3 is 1. The summed E-state index contributed by atoms with van der Waals surface area (Å²) < 4.78 is 6.05. The number of esters is 1. The monoisotopic (exact) mass is 395 g/mol. The number of aromatic nitrogens is 2. The van der Waals surface area contributed by atoms with Crippen molar-refractivity contribution in [1.82, 2.24) is 9.78 Å². The van der Waals surface area contributed by atoms with Crippen molar-refractivity contribution in [2.24, 2.45) is 5.92 Å². The Morgan fingerprint density at radius 3 is 2.81 bits per heavy atom. The molecule has 0 saturated carbocycles. The molecule has 1 saturated heterocycles. The van der Waals surface area contributed by atoms with Gasteiger partial charge in [0.2, 0.25) is 0 Å². The first kappa shape index (κ1) is 18.7. The molecule has 0 radical (unpaired) electrons. The Labute approximate surface area is 161 Å². The van der Waals surface area contributed by atoms with Gasteiger partial charge in [-0.1, -0.05) is 29.3 Å². The number of halogens is 2. The number of carbonyl (C=O) groups excluding carboxylic acids is 1. The van der Waals surface area contributed by atoms with Crippen molar-refractivity contribution >= 4 is 34.9 Å². The molecule has 0 unspecified atom stereocenters. The molecular weight excluding hydrogens is 377 g/mol. The first-order valence-electron chi connectivity index (χ1n) is 8.29. The molecule has 0 bridgehead atoms. The summed E-state index contributed by atoms with van der Waals surface area (Å²) >= 11 is 12.5. The van der Waals surface area contributed by atoms with Crippen LogP contribution in [0.5, 0.6) is 0 Å². The van der Waals surface area contributed by atoms with Crippen LogP contribution < -0.4 is 10.5 Å². The highest BCUT2D eigenvalue weighted by Crippen LogP contribution is 2.28. The van der Waals surface area contributed by atoms with Crippen molar-refractivity contribution in [3.05, 3.63) is 50.4 Å². The van der Waals surface area contributed by atoms with Gasteiger partial charge in [0.15, 0.2) is 0 Å². The average molecular weight is 396 g/mol. The van der Waals surface area contributed by atoms with Gasteiger partial charge in [-0.3, -0.25) is 9.59 Å². The smallest absolute Gasteiger partial charge is 0.310 e. The van der Waals surface area contributed by atoms with Gasteiger partial charge in [0.1, 0.15) is 5.02 Å². The predicted molar refractivity (Wildman–Crippen MR) is 102 cm³/mol. The first-order valence-corrected chi connectivity index (χ1v) is 9.05. The fraction of sp³-hybridized carbons (Fsp3) is 0.389. The highest BCUT2D eigenvalue weighted by atomic mass is 35.5. The number of nitrogens with zero attached hydrogens (tertiary/aromatic N) is 3. The Hall–Kier alpha value is -2.05. The minimum atomic E-state index is -0.427. The number of hydrogen-bond acceptors (Lipinski definition) is 5. The standard InChI is InChI=1S/C18H19Cl2N3O3/c1-11-5-6-13(8-14(11)19)23-17(24)16(20)15(9-21-23)22-7-3-4-12(10-22)18(25)26-2/h5-6,8-9,12H,3-4,7,10H2,1-2H3/t12-/m1/s1. The van der Waals surface area contributed by atoms with E-state index in [9.17, 15) is 9.59 Å². The Morgan fingerprint density at radius 1 is 1.35 bits per heavy atom. The van der Waals surface area contributed by atoms with Gasteiger partial charge in [-0.2, -0.15) is 9.78 Å². The summed E-state index contributed by atoms with van der Waals surface area (Å²) in [5, 5.41) is 4.87. The molecule has 2 aromatic rings. The van der Waals surface area contributed by atoms with Crippen LogP contribution in [0.4, 0.5) is 5.69 Å². The van der Waals surface area contributed by atoms with Crippen molar-refractivity contribution in [2.45, 2.75) is 19.8 Å². The van der Waals surface area contributed by atoms with Crippen molar-refractivity contribution in [1.29, 1.82) is 0 Å². The van der Waals surface area contributed by atoms with E-state index in [4.69, 9.17) is 27.9 Å². The lowest BCUT2D eigenvalue weighted by molar-refractivity contribution is -0.145. The van der Waals surface area contributed by atoms with Crippen LogP contribution in [0, 0.1) is 12.8 Å². The van der Waals surface area contributed by atoms with Crippen LogP contribution in [0.1, 0.15) is 18.4 Å². The molecule has 138 valence electrons. The SMILES string of the molecule is COC(=O)[C@@H]1CCCN(c2cnn(-c3ccc(C)c(Cl)c3)c(=O)c2Cl)C1. The third kappa shape index (κ3) is 3.57. The number of carbonyl (C=O) groups is 1. The molecule has 3 rings (SSSR count). The second kappa shape index (κ2) is 7.68. The summed E-state index contributed by atoms with van der Waals surface area (Å²) in [6.07, 6.45) is 3.12. The van der Waals surface area contributed by atoms with Crippen LogP contribution in [0.2, 0.25) is 10.0 Å². The number of aryl methyl sites for hydroxylation is 1. The summed E-state index contributed by atoms with van der Waals surface area (Å²) in [5.74, 6) is -0.482. The number of ether oxygens (including phenoxy) is 1. The molecule has 0 aliphatic carbocycles. The fourth-order valence-corrected chi connectivity index (χ4v) is 3.52. The maximum Gasteiger partial charge on any atom is 0.310 e. The van der Waals surface area contributed by atoms with E-state index in [1.165, 1.54) is 11.8 Å². The molecule has 0 spiro atoms. The number of anilines is 1. The summed E-state index contributed by atoms with van der Waals surface area (Å²) in [4.78, 5) is 26.4. The highest BCUT2D eigenvalue weighted by molar-refractivity contribution is 6.33. The van der Waals surface area contributed by atoms with Crippen molar-refractivity contribution in [3.8, 4) is 5.69 Å². The van der Waals surface area contributed by atoms with Crippen LogP contribution in [0.25, 0.3) is 5.69 Å². The van der Waals surface area contributed by atoms with Crippen molar-refractivity contribution in [3.63, 3.8) is 0 Å². The molecular formula is C18H19Cl2N3O3. The molecule has 2 heterocycles. The van der Waals surface area contributed by atoms with Gasteiger partial charge in [-0.05, 0) is 37.5 Å². The van der Waals surface area contributed by atoms with Gasteiger partial charge in [0.25, 0.3) is 5.56 Å². The van der Waals surface area contributed by atoms with Crippen LogP contribution in [0.3, 0.4) is 0 Å². The van der Waals surface area contributed by atoms with Gasteiger partial charge in [0, 0.05) is 18.1 Å². The van der Waals surface area contributed by atoms with Crippen molar-refractivity contribution < 1.29 is 9.53 Å². The molecule has 1 fully saturated rings. The molecule has 1 atom stereocenters. The number of hydrogen-bond donors (Lipinski definition) is 0. The number of rotatable bonds is 3. The molecule has 1 aromatic heterocycles. The van der Waals surface area contributed by atoms with Crippen LogP contribution in [-0.4, -0.2) is 35.9 Å². The largest absolute Gasteiger partial charge is 0.469 e. The predicted octanol–water partition coefficient (Wildman–Crippen LogP) is 3.24. The lowest BCUT2D eigenvalue weighted by atomic mass is 9.98.